The third-order valence-corrected chi connectivity index (χ3v) is 3.74. The van der Waals surface area contributed by atoms with E-state index in [1.54, 1.807) is 13.8 Å². The lowest BCUT2D eigenvalue weighted by Gasteiger charge is -2.49. The third-order valence-electron chi connectivity index (χ3n) is 3.74. The molecule has 1 N–H and O–H groups in total. The molecule has 18 heavy (non-hydrogen) atoms. The lowest BCUT2D eigenvalue weighted by Crippen LogP contribution is -2.65. The van der Waals surface area contributed by atoms with E-state index in [1.807, 2.05) is 20.8 Å². The van der Waals surface area contributed by atoms with Crippen LogP contribution in [0.2, 0.25) is 0 Å². The molecule has 1 aliphatic heterocycles. The topological polar surface area (TPSA) is 49.8 Å². The molecule has 0 aromatic heterocycles. The van der Waals surface area contributed by atoms with Gasteiger partial charge >= 0.3 is 6.09 Å². The molecular weight excluding hydrogens is 237 g/mol. The van der Waals surface area contributed by atoms with E-state index in [-0.39, 0.29) is 6.61 Å². The number of amides is 1. The smallest absolute Gasteiger partial charge is 0.410 e. The first kappa shape index (κ1) is 15.0. The van der Waals surface area contributed by atoms with Crippen LogP contribution in [-0.2, 0) is 4.74 Å². The van der Waals surface area contributed by atoms with Gasteiger partial charge in [0.05, 0.1) is 6.61 Å². The summed E-state index contributed by atoms with van der Waals surface area (Å²) in [6, 6.07) is 0. The molecule has 1 rings (SSSR count). The van der Waals surface area contributed by atoms with Gasteiger partial charge in [-0.1, -0.05) is 26.8 Å². The standard InChI is InChI=1S/C13H22FNO3/c1-7-9(14)13(11(2,3)4)8-18-12(5,6)15(13)10(16)17/h7,9H,1,8H2,2-6H3,(H,16,17)/t9?,13-/m0/s1. The summed E-state index contributed by atoms with van der Waals surface area (Å²) in [7, 11) is 0. The van der Waals surface area contributed by atoms with Gasteiger partial charge in [0.2, 0.25) is 0 Å². The second-order valence-electron chi connectivity index (χ2n) is 6.17. The Morgan fingerprint density at radius 1 is 1.56 bits per heavy atom. The van der Waals surface area contributed by atoms with E-state index in [1.165, 1.54) is 0 Å². The minimum Gasteiger partial charge on any atom is -0.465 e. The number of hydrogen-bond donors (Lipinski definition) is 1. The van der Waals surface area contributed by atoms with Gasteiger partial charge in [-0.3, -0.25) is 4.90 Å². The Morgan fingerprint density at radius 3 is 2.39 bits per heavy atom. The number of nitrogens with zero attached hydrogens (tertiary/aromatic N) is 1. The van der Waals surface area contributed by atoms with Gasteiger partial charge in [-0.2, -0.15) is 0 Å². The summed E-state index contributed by atoms with van der Waals surface area (Å²) in [5.74, 6) is 0. The normalized spacial score (nSPS) is 29.1. The fourth-order valence-electron chi connectivity index (χ4n) is 2.66. The van der Waals surface area contributed by atoms with Crippen LogP contribution in [0.3, 0.4) is 0 Å². The summed E-state index contributed by atoms with van der Waals surface area (Å²) in [5.41, 5.74) is -2.93. The number of ether oxygens (including phenoxy) is 1. The van der Waals surface area contributed by atoms with Crippen molar-refractivity contribution in [3.05, 3.63) is 12.7 Å². The summed E-state index contributed by atoms with van der Waals surface area (Å²) in [5, 5.41) is 9.44. The minimum atomic E-state index is -1.49. The molecule has 0 bridgehead atoms. The number of carboxylic acid groups (broad SMARTS) is 1. The van der Waals surface area contributed by atoms with E-state index in [2.05, 4.69) is 6.58 Å². The first-order chi connectivity index (χ1) is 8.00. The Hall–Kier alpha value is -1.10. The molecule has 0 aromatic carbocycles. The number of carbonyl (C=O) groups is 1. The molecule has 0 aromatic rings. The monoisotopic (exact) mass is 259 g/mol. The van der Waals surface area contributed by atoms with Crippen LogP contribution in [0.5, 0.6) is 0 Å². The lowest BCUT2D eigenvalue weighted by molar-refractivity contribution is -0.0679. The molecule has 1 saturated heterocycles. The first-order valence-electron chi connectivity index (χ1n) is 5.94. The largest absolute Gasteiger partial charge is 0.465 e. The highest BCUT2D eigenvalue weighted by Crippen LogP contribution is 2.48. The van der Waals surface area contributed by atoms with Crippen molar-refractivity contribution in [1.82, 2.24) is 4.90 Å². The van der Waals surface area contributed by atoms with Crippen LogP contribution in [0.1, 0.15) is 34.6 Å². The highest BCUT2D eigenvalue weighted by molar-refractivity contribution is 5.68. The fourth-order valence-corrected chi connectivity index (χ4v) is 2.66. The third kappa shape index (κ3) is 1.90. The van der Waals surface area contributed by atoms with E-state index in [0.29, 0.717) is 0 Å². The van der Waals surface area contributed by atoms with Gasteiger partial charge in [-0.15, -0.1) is 6.58 Å². The van der Waals surface area contributed by atoms with Gasteiger partial charge < -0.3 is 9.84 Å². The molecule has 1 aliphatic rings. The predicted octanol–water partition coefficient (Wildman–Crippen LogP) is 3.04. The van der Waals surface area contributed by atoms with E-state index in [9.17, 15) is 14.3 Å². The van der Waals surface area contributed by atoms with Gasteiger partial charge in [0.15, 0.2) is 0 Å². The molecule has 1 heterocycles. The average Bonchev–Trinajstić information content (AvgIpc) is 2.49. The maximum Gasteiger partial charge on any atom is 0.410 e. The number of hydrogen-bond acceptors (Lipinski definition) is 2. The second kappa shape index (κ2) is 4.23. The molecule has 2 atom stereocenters. The van der Waals surface area contributed by atoms with Gasteiger partial charge in [0.1, 0.15) is 17.4 Å². The van der Waals surface area contributed by atoms with Crippen LogP contribution in [0.15, 0.2) is 12.7 Å². The van der Waals surface area contributed by atoms with Gasteiger partial charge in [0, 0.05) is 0 Å². The van der Waals surface area contributed by atoms with Crippen molar-refractivity contribution >= 4 is 6.09 Å². The minimum absolute atomic E-state index is 0.0169. The first-order valence-corrected chi connectivity index (χ1v) is 5.94. The molecule has 1 unspecified atom stereocenters. The van der Waals surface area contributed by atoms with Crippen molar-refractivity contribution in [1.29, 1.82) is 0 Å². The van der Waals surface area contributed by atoms with Crippen LogP contribution in [0, 0.1) is 5.41 Å². The maximum absolute atomic E-state index is 14.4. The second-order valence-corrected chi connectivity index (χ2v) is 6.17. The maximum atomic E-state index is 14.4. The van der Waals surface area contributed by atoms with Crippen LogP contribution in [0.25, 0.3) is 0 Å². The Balaban J connectivity index is 3.44. The molecule has 1 amide bonds. The van der Waals surface area contributed by atoms with Gasteiger partial charge in [0.25, 0.3) is 0 Å². The van der Waals surface area contributed by atoms with Crippen molar-refractivity contribution in [2.75, 3.05) is 6.61 Å². The van der Waals surface area contributed by atoms with Crippen molar-refractivity contribution in [2.45, 2.75) is 52.1 Å². The fraction of sp³-hybridized carbons (Fsp3) is 0.769. The van der Waals surface area contributed by atoms with E-state index in [4.69, 9.17) is 4.74 Å². The zero-order valence-electron chi connectivity index (χ0n) is 11.7. The molecule has 104 valence electrons. The van der Waals surface area contributed by atoms with Crippen molar-refractivity contribution < 1.29 is 19.0 Å². The summed E-state index contributed by atoms with van der Waals surface area (Å²) >= 11 is 0. The predicted molar refractivity (Wildman–Crippen MR) is 67.2 cm³/mol. The Kier molecular flexibility index (Phi) is 3.51. The summed E-state index contributed by atoms with van der Waals surface area (Å²) < 4.78 is 20.0. The highest BCUT2D eigenvalue weighted by Gasteiger charge is 2.63. The Labute approximate surface area is 107 Å². The van der Waals surface area contributed by atoms with Crippen molar-refractivity contribution in [3.8, 4) is 0 Å². The average molecular weight is 259 g/mol. The van der Waals surface area contributed by atoms with Gasteiger partial charge in [-0.25, -0.2) is 9.18 Å². The zero-order valence-corrected chi connectivity index (χ0v) is 11.7. The van der Waals surface area contributed by atoms with E-state index < -0.39 is 28.9 Å². The number of halogens is 1. The lowest BCUT2D eigenvalue weighted by atomic mass is 9.70. The van der Waals surface area contributed by atoms with Crippen LogP contribution >= 0.6 is 0 Å². The SMILES string of the molecule is C=CC(F)[C@]1(C(C)(C)C)COC(C)(C)N1C(=O)O. The van der Waals surface area contributed by atoms with Crippen molar-refractivity contribution in [2.24, 2.45) is 5.41 Å². The Morgan fingerprint density at radius 2 is 2.06 bits per heavy atom. The molecule has 0 saturated carbocycles. The number of alkyl halides is 1. The van der Waals surface area contributed by atoms with Crippen molar-refractivity contribution in [3.63, 3.8) is 0 Å². The van der Waals surface area contributed by atoms with Gasteiger partial charge in [-0.05, 0) is 19.3 Å². The molecule has 4 nitrogen and oxygen atoms in total. The van der Waals surface area contributed by atoms with Crippen LogP contribution in [0.4, 0.5) is 9.18 Å². The summed E-state index contributed by atoms with van der Waals surface area (Å²) in [4.78, 5) is 12.6. The highest BCUT2D eigenvalue weighted by atomic mass is 19.1. The molecular formula is C13H22FNO3. The summed E-state index contributed by atoms with van der Waals surface area (Å²) in [6.07, 6.45) is -1.53. The van der Waals surface area contributed by atoms with Crippen LogP contribution < -0.4 is 0 Å². The molecule has 0 spiro atoms. The summed E-state index contributed by atoms with van der Waals surface area (Å²) in [6.45, 7) is 12.2. The number of rotatable bonds is 2. The van der Waals surface area contributed by atoms with E-state index >= 15 is 0 Å². The molecule has 1 fully saturated rings. The molecule has 5 heteroatoms. The zero-order chi connectivity index (χ0) is 14.4. The Bertz CT molecular complexity index is 362. The molecule has 0 radical (unpaired) electrons. The quantitative estimate of drug-likeness (QED) is 0.775. The molecule has 0 aliphatic carbocycles. The van der Waals surface area contributed by atoms with E-state index in [0.717, 1.165) is 11.0 Å². The van der Waals surface area contributed by atoms with Crippen LogP contribution in [-0.4, -0.2) is 40.1 Å².